The minimum atomic E-state index is -1.06. The Bertz CT molecular complexity index is 408. The molecule has 4 nitrogen and oxygen atoms in total. The van der Waals surface area contributed by atoms with Crippen LogP contribution in [-0.2, 0) is 0 Å². The van der Waals surface area contributed by atoms with E-state index in [4.69, 9.17) is 9.84 Å². The number of carboxylic acids is 1. The maximum Gasteiger partial charge on any atom is 0.358 e. The predicted octanol–water partition coefficient (Wildman–Crippen LogP) is 2.90. The van der Waals surface area contributed by atoms with Crippen molar-refractivity contribution in [2.45, 2.75) is 34.1 Å². The van der Waals surface area contributed by atoms with Gasteiger partial charge in [0.2, 0.25) is 0 Å². The van der Waals surface area contributed by atoms with E-state index >= 15 is 0 Å². The van der Waals surface area contributed by atoms with Gasteiger partial charge in [0.05, 0.1) is 6.61 Å². The lowest BCUT2D eigenvalue weighted by Crippen LogP contribution is -2.13. The zero-order valence-corrected chi connectivity index (χ0v) is 10.8. The lowest BCUT2D eigenvalue weighted by atomic mass is 9.93. The number of aromatic carboxylic acids is 1. The number of ether oxygens (including phenoxy) is 1. The number of pyridine rings is 1. The van der Waals surface area contributed by atoms with Crippen LogP contribution in [0.4, 0.5) is 0 Å². The molecule has 0 unspecified atom stereocenters. The molecule has 0 aliphatic rings. The Morgan fingerprint density at radius 3 is 2.59 bits per heavy atom. The highest BCUT2D eigenvalue weighted by molar-refractivity contribution is 5.88. The molecule has 0 bridgehead atoms. The Hall–Kier alpha value is -1.58. The van der Waals surface area contributed by atoms with Crippen LogP contribution in [0, 0.1) is 12.3 Å². The van der Waals surface area contributed by atoms with Crippen molar-refractivity contribution < 1.29 is 14.6 Å². The number of hydrogen-bond acceptors (Lipinski definition) is 3. The van der Waals surface area contributed by atoms with Crippen molar-refractivity contribution in [3.05, 3.63) is 23.5 Å². The van der Waals surface area contributed by atoms with Crippen LogP contribution in [0.15, 0.2) is 12.1 Å². The zero-order valence-electron chi connectivity index (χ0n) is 10.8. The van der Waals surface area contributed by atoms with Gasteiger partial charge in [-0.2, -0.15) is 0 Å². The second-order valence-corrected chi connectivity index (χ2v) is 5.26. The second-order valence-electron chi connectivity index (χ2n) is 5.26. The number of carboxylic acid groups (broad SMARTS) is 1. The van der Waals surface area contributed by atoms with Crippen LogP contribution >= 0.6 is 0 Å². The maximum atomic E-state index is 11.0. The number of aryl methyl sites for hydroxylation is 1. The van der Waals surface area contributed by atoms with Crippen LogP contribution in [0.2, 0.25) is 0 Å². The van der Waals surface area contributed by atoms with Crippen molar-refractivity contribution in [1.29, 1.82) is 0 Å². The zero-order chi connectivity index (χ0) is 13.1. The number of nitrogens with zero attached hydrogens (tertiary/aromatic N) is 1. The van der Waals surface area contributed by atoms with E-state index in [0.29, 0.717) is 18.1 Å². The maximum absolute atomic E-state index is 11.0. The summed E-state index contributed by atoms with van der Waals surface area (Å²) in [7, 11) is 0. The monoisotopic (exact) mass is 237 g/mol. The van der Waals surface area contributed by atoms with Gasteiger partial charge in [-0.3, -0.25) is 0 Å². The summed E-state index contributed by atoms with van der Waals surface area (Å²) in [5.41, 5.74) is 0.825. The molecule has 1 heterocycles. The highest BCUT2D eigenvalue weighted by Crippen LogP contribution is 2.21. The summed E-state index contributed by atoms with van der Waals surface area (Å²) in [6.45, 7) is 8.59. The molecule has 1 aromatic rings. The van der Waals surface area contributed by atoms with Gasteiger partial charge >= 0.3 is 5.97 Å². The van der Waals surface area contributed by atoms with E-state index in [1.165, 1.54) is 0 Å². The molecule has 0 atom stereocenters. The van der Waals surface area contributed by atoms with Crippen molar-refractivity contribution in [1.82, 2.24) is 4.98 Å². The molecular weight excluding hydrogens is 218 g/mol. The van der Waals surface area contributed by atoms with Gasteiger partial charge in [0.25, 0.3) is 0 Å². The minimum absolute atomic E-state index is 0.0149. The summed E-state index contributed by atoms with van der Waals surface area (Å²) in [5.74, 6) is -0.716. The number of aromatic nitrogens is 1. The van der Waals surface area contributed by atoms with Crippen LogP contribution in [-0.4, -0.2) is 22.7 Å². The molecule has 0 saturated heterocycles. The first-order valence-electron chi connectivity index (χ1n) is 5.63. The fourth-order valence-electron chi connectivity index (χ4n) is 1.28. The van der Waals surface area contributed by atoms with Crippen LogP contribution < -0.4 is 4.74 Å². The molecule has 0 aromatic carbocycles. The lowest BCUT2D eigenvalue weighted by Gasteiger charge is -2.18. The third-order valence-electron chi connectivity index (χ3n) is 2.31. The quantitative estimate of drug-likeness (QED) is 0.874. The third-order valence-corrected chi connectivity index (χ3v) is 2.31. The summed E-state index contributed by atoms with van der Waals surface area (Å²) >= 11 is 0. The molecular formula is C13H19NO3. The largest absolute Gasteiger partial charge is 0.491 e. The van der Waals surface area contributed by atoms with E-state index in [9.17, 15) is 4.79 Å². The van der Waals surface area contributed by atoms with Crippen molar-refractivity contribution in [2.75, 3.05) is 6.61 Å². The molecule has 0 amide bonds. The van der Waals surface area contributed by atoms with Gasteiger partial charge in [0.1, 0.15) is 0 Å². The topological polar surface area (TPSA) is 59.4 Å². The Kier molecular flexibility index (Phi) is 4.10. The molecule has 1 N–H and O–H groups in total. The highest BCUT2D eigenvalue weighted by atomic mass is 16.5. The van der Waals surface area contributed by atoms with E-state index in [-0.39, 0.29) is 11.1 Å². The van der Waals surface area contributed by atoms with Gasteiger partial charge in [-0.1, -0.05) is 20.8 Å². The molecule has 0 radical (unpaired) electrons. The fraction of sp³-hybridized carbons (Fsp3) is 0.538. The Balaban J connectivity index is 2.74. The lowest BCUT2D eigenvalue weighted by molar-refractivity contribution is 0.0684. The summed E-state index contributed by atoms with van der Waals surface area (Å²) in [5, 5.41) is 9.01. The molecule has 0 spiro atoms. The van der Waals surface area contributed by atoms with Crippen molar-refractivity contribution in [2.24, 2.45) is 5.41 Å². The SMILES string of the molecule is Cc1ccc(OCCC(C)(C)C)c(C(=O)O)n1. The average Bonchev–Trinajstić information content (AvgIpc) is 2.18. The third kappa shape index (κ3) is 4.43. The van der Waals surface area contributed by atoms with E-state index in [2.05, 4.69) is 25.8 Å². The Morgan fingerprint density at radius 1 is 1.41 bits per heavy atom. The van der Waals surface area contributed by atoms with Gasteiger partial charge in [0.15, 0.2) is 11.4 Å². The first-order valence-corrected chi connectivity index (χ1v) is 5.63. The fourth-order valence-corrected chi connectivity index (χ4v) is 1.28. The molecule has 1 rings (SSSR count). The van der Waals surface area contributed by atoms with E-state index in [1.807, 2.05) is 0 Å². The van der Waals surface area contributed by atoms with Crippen molar-refractivity contribution in [3.8, 4) is 5.75 Å². The van der Waals surface area contributed by atoms with E-state index in [1.54, 1.807) is 19.1 Å². The van der Waals surface area contributed by atoms with Crippen molar-refractivity contribution in [3.63, 3.8) is 0 Å². The summed E-state index contributed by atoms with van der Waals surface area (Å²) < 4.78 is 5.49. The van der Waals surface area contributed by atoms with E-state index in [0.717, 1.165) is 6.42 Å². The van der Waals surface area contributed by atoms with Gasteiger partial charge in [0, 0.05) is 5.69 Å². The smallest absolute Gasteiger partial charge is 0.358 e. The Labute approximate surface area is 102 Å². The van der Waals surface area contributed by atoms with Gasteiger partial charge in [-0.15, -0.1) is 0 Å². The molecule has 0 aliphatic carbocycles. The number of rotatable bonds is 4. The minimum Gasteiger partial charge on any atom is -0.491 e. The van der Waals surface area contributed by atoms with Gasteiger partial charge in [-0.05, 0) is 30.9 Å². The molecule has 0 saturated carbocycles. The molecule has 4 heteroatoms. The number of carbonyl (C=O) groups is 1. The van der Waals surface area contributed by atoms with Gasteiger partial charge < -0.3 is 9.84 Å². The first-order chi connectivity index (χ1) is 7.79. The summed E-state index contributed by atoms with van der Waals surface area (Å²) in [6.07, 6.45) is 0.861. The van der Waals surface area contributed by atoms with Gasteiger partial charge in [-0.25, -0.2) is 9.78 Å². The first kappa shape index (κ1) is 13.5. The average molecular weight is 237 g/mol. The van der Waals surface area contributed by atoms with Crippen LogP contribution in [0.3, 0.4) is 0 Å². The Morgan fingerprint density at radius 2 is 2.06 bits per heavy atom. The summed E-state index contributed by atoms with van der Waals surface area (Å²) in [4.78, 5) is 15.0. The second kappa shape index (κ2) is 5.17. The highest BCUT2D eigenvalue weighted by Gasteiger charge is 2.15. The van der Waals surface area contributed by atoms with E-state index < -0.39 is 5.97 Å². The molecule has 17 heavy (non-hydrogen) atoms. The molecule has 1 aromatic heterocycles. The van der Waals surface area contributed by atoms with Crippen LogP contribution in [0.5, 0.6) is 5.75 Å². The molecule has 94 valence electrons. The normalized spacial score (nSPS) is 11.3. The predicted molar refractivity (Wildman–Crippen MR) is 65.5 cm³/mol. The van der Waals surface area contributed by atoms with Crippen molar-refractivity contribution >= 4 is 5.97 Å². The summed E-state index contributed by atoms with van der Waals surface area (Å²) in [6, 6.07) is 3.41. The molecule has 0 fully saturated rings. The standard InChI is InChI=1S/C13H19NO3/c1-9-5-6-10(11(14-9)12(15)16)17-8-7-13(2,3)4/h5-6H,7-8H2,1-4H3,(H,15,16). The molecule has 0 aliphatic heterocycles. The number of hydrogen-bond donors (Lipinski definition) is 1. The van der Waals surface area contributed by atoms with Crippen LogP contribution in [0.1, 0.15) is 43.4 Å². The van der Waals surface area contributed by atoms with Crippen LogP contribution in [0.25, 0.3) is 0 Å².